The molecule has 6 nitrogen and oxygen atoms in total. The lowest BCUT2D eigenvalue weighted by Crippen LogP contribution is -2.13. The molecule has 2 atom stereocenters. The molecule has 0 radical (unpaired) electrons. The second-order valence-electron chi connectivity index (χ2n) is 6.12. The zero-order chi connectivity index (χ0) is 18.0. The number of methoxy groups -OCH3 is 1. The van der Waals surface area contributed by atoms with Crippen molar-refractivity contribution in [3.05, 3.63) is 47.0 Å². The van der Waals surface area contributed by atoms with Crippen LogP contribution < -0.4 is 9.47 Å². The van der Waals surface area contributed by atoms with Gasteiger partial charge in [0, 0.05) is 12.2 Å². The normalized spacial score (nSPS) is 18.7. The number of aliphatic hydroxyl groups is 2. The summed E-state index contributed by atoms with van der Waals surface area (Å²) in [7, 11) is 1.46. The highest BCUT2D eigenvalue weighted by molar-refractivity contribution is 5.55. The number of phenolic OH excluding ortho intramolecular Hbond substituents is 2. The highest BCUT2D eigenvalue weighted by atomic mass is 16.5. The van der Waals surface area contributed by atoms with Gasteiger partial charge in [-0.05, 0) is 42.2 Å². The van der Waals surface area contributed by atoms with E-state index in [1.54, 1.807) is 18.2 Å². The van der Waals surface area contributed by atoms with Crippen LogP contribution in [0.25, 0.3) is 0 Å². The molecule has 4 N–H and O–H groups in total. The second-order valence-corrected chi connectivity index (χ2v) is 6.12. The van der Waals surface area contributed by atoms with Gasteiger partial charge in [0.05, 0.1) is 19.6 Å². The van der Waals surface area contributed by atoms with Gasteiger partial charge >= 0.3 is 0 Å². The Morgan fingerprint density at radius 1 is 1.08 bits per heavy atom. The summed E-state index contributed by atoms with van der Waals surface area (Å²) in [6, 6.07) is 8.42. The minimum absolute atomic E-state index is 0.0245. The minimum Gasteiger partial charge on any atom is -0.504 e. The van der Waals surface area contributed by atoms with E-state index >= 15 is 0 Å². The number of aryl methyl sites for hydroxylation is 1. The number of phenols is 2. The molecule has 0 aromatic heterocycles. The molecule has 0 spiro atoms. The monoisotopic (exact) mass is 346 g/mol. The maximum absolute atomic E-state index is 10.3. The first-order valence-electron chi connectivity index (χ1n) is 8.20. The molecule has 0 bridgehead atoms. The van der Waals surface area contributed by atoms with Crippen molar-refractivity contribution in [2.45, 2.75) is 24.9 Å². The first kappa shape index (κ1) is 17.4. The molecule has 25 heavy (non-hydrogen) atoms. The van der Waals surface area contributed by atoms with E-state index in [4.69, 9.17) is 14.6 Å². The summed E-state index contributed by atoms with van der Waals surface area (Å²) in [5.41, 5.74) is 2.37. The van der Waals surface area contributed by atoms with Crippen molar-refractivity contribution in [3.8, 4) is 23.0 Å². The number of ether oxygens (including phenoxy) is 2. The van der Waals surface area contributed by atoms with Crippen molar-refractivity contribution >= 4 is 0 Å². The van der Waals surface area contributed by atoms with E-state index in [1.807, 2.05) is 6.07 Å². The summed E-state index contributed by atoms with van der Waals surface area (Å²) in [6.07, 6.45) is 0.739. The fourth-order valence-electron chi connectivity index (χ4n) is 3.27. The third-order valence-corrected chi connectivity index (χ3v) is 4.52. The molecule has 0 amide bonds. The molecule has 0 unspecified atom stereocenters. The molecular weight excluding hydrogens is 324 g/mol. The van der Waals surface area contributed by atoms with E-state index in [2.05, 4.69) is 0 Å². The Balaban J connectivity index is 1.97. The third kappa shape index (κ3) is 3.23. The summed E-state index contributed by atoms with van der Waals surface area (Å²) in [6.45, 7) is -0.0720. The highest BCUT2D eigenvalue weighted by Gasteiger charge is 2.37. The average molecular weight is 346 g/mol. The lowest BCUT2D eigenvalue weighted by atomic mass is 9.90. The molecule has 134 valence electrons. The predicted molar refractivity (Wildman–Crippen MR) is 91.4 cm³/mol. The lowest BCUT2D eigenvalue weighted by Gasteiger charge is -2.18. The highest BCUT2D eigenvalue weighted by Crippen LogP contribution is 2.51. The molecule has 6 heteroatoms. The van der Waals surface area contributed by atoms with Gasteiger partial charge in [-0.1, -0.05) is 12.1 Å². The third-order valence-electron chi connectivity index (χ3n) is 4.52. The number of aliphatic hydroxyl groups excluding tert-OH is 2. The smallest absolute Gasteiger partial charge is 0.165 e. The van der Waals surface area contributed by atoms with Crippen molar-refractivity contribution in [1.29, 1.82) is 0 Å². The first-order chi connectivity index (χ1) is 12.1. The van der Waals surface area contributed by atoms with E-state index in [-0.39, 0.29) is 30.6 Å². The van der Waals surface area contributed by atoms with Gasteiger partial charge in [0.15, 0.2) is 23.0 Å². The van der Waals surface area contributed by atoms with Crippen molar-refractivity contribution in [2.75, 3.05) is 20.3 Å². The topological polar surface area (TPSA) is 99.4 Å². The van der Waals surface area contributed by atoms with Gasteiger partial charge < -0.3 is 29.9 Å². The summed E-state index contributed by atoms with van der Waals surface area (Å²) in [5, 5.41) is 39.0. The Morgan fingerprint density at radius 2 is 1.88 bits per heavy atom. The van der Waals surface area contributed by atoms with Gasteiger partial charge in [0.1, 0.15) is 6.10 Å². The summed E-state index contributed by atoms with van der Waals surface area (Å²) >= 11 is 0. The van der Waals surface area contributed by atoms with Gasteiger partial charge in [-0.15, -0.1) is 0 Å². The number of aromatic hydroxyl groups is 2. The Morgan fingerprint density at radius 3 is 2.56 bits per heavy atom. The van der Waals surface area contributed by atoms with E-state index in [1.165, 1.54) is 13.2 Å². The van der Waals surface area contributed by atoms with E-state index in [0.29, 0.717) is 24.3 Å². The number of benzene rings is 2. The Hall–Kier alpha value is -2.44. The van der Waals surface area contributed by atoms with Crippen LogP contribution >= 0.6 is 0 Å². The maximum Gasteiger partial charge on any atom is 0.165 e. The van der Waals surface area contributed by atoms with E-state index in [9.17, 15) is 15.3 Å². The summed E-state index contributed by atoms with van der Waals surface area (Å²) in [4.78, 5) is 0. The SMILES string of the molecule is COc1cc([C@@H]2Oc3c(O)cc(CCCO)cc3[C@@H]2CO)ccc1O. The van der Waals surface area contributed by atoms with Gasteiger partial charge in [-0.25, -0.2) is 0 Å². The lowest BCUT2D eigenvalue weighted by molar-refractivity contribution is 0.157. The number of hydrogen-bond acceptors (Lipinski definition) is 6. The van der Waals surface area contributed by atoms with E-state index < -0.39 is 6.10 Å². The molecule has 3 rings (SSSR count). The Bertz CT molecular complexity index is 758. The molecule has 2 aromatic rings. The van der Waals surface area contributed by atoms with Crippen LogP contribution in [0.2, 0.25) is 0 Å². The largest absolute Gasteiger partial charge is 0.504 e. The fraction of sp³-hybridized carbons (Fsp3) is 0.368. The number of rotatable bonds is 6. The molecule has 2 aromatic carbocycles. The predicted octanol–water partition coefficient (Wildman–Crippen LogP) is 2.24. The molecule has 0 fully saturated rings. The van der Waals surface area contributed by atoms with Crippen molar-refractivity contribution in [1.82, 2.24) is 0 Å². The van der Waals surface area contributed by atoms with Crippen molar-refractivity contribution in [2.24, 2.45) is 0 Å². The van der Waals surface area contributed by atoms with E-state index in [0.717, 1.165) is 16.7 Å². The number of fused-ring (bicyclic) bond motifs is 1. The molecule has 1 aliphatic heterocycles. The maximum atomic E-state index is 10.3. The molecule has 1 heterocycles. The van der Waals surface area contributed by atoms with Gasteiger partial charge in [-0.2, -0.15) is 0 Å². The van der Waals surface area contributed by atoms with Crippen LogP contribution in [0.15, 0.2) is 30.3 Å². The summed E-state index contributed by atoms with van der Waals surface area (Å²) < 4.78 is 11.1. The second kappa shape index (κ2) is 7.21. The van der Waals surface area contributed by atoms with Crippen LogP contribution in [-0.4, -0.2) is 40.7 Å². The Kier molecular flexibility index (Phi) is 5.01. The average Bonchev–Trinajstić information content (AvgIpc) is 2.99. The first-order valence-corrected chi connectivity index (χ1v) is 8.20. The van der Waals surface area contributed by atoms with Crippen molar-refractivity contribution in [3.63, 3.8) is 0 Å². The van der Waals surface area contributed by atoms with Gasteiger partial charge in [0.2, 0.25) is 0 Å². The minimum atomic E-state index is -0.492. The van der Waals surface area contributed by atoms with Gasteiger partial charge in [0.25, 0.3) is 0 Å². The zero-order valence-electron chi connectivity index (χ0n) is 14.0. The van der Waals surface area contributed by atoms with Crippen LogP contribution in [0.4, 0.5) is 0 Å². The quantitative estimate of drug-likeness (QED) is 0.640. The van der Waals surface area contributed by atoms with Crippen LogP contribution in [0.1, 0.15) is 35.1 Å². The van der Waals surface area contributed by atoms with Crippen molar-refractivity contribution < 1.29 is 29.9 Å². The molecule has 0 saturated heterocycles. The number of hydrogen-bond donors (Lipinski definition) is 4. The Labute approximate surface area is 145 Å². The molecule has 0 aliphatic carbocycles. The van der Waals surface area contributed by atoms with Crippen LogP contribution in [0, 0.1) is 0 Å². The van der Waals surface area contributed by atoms with Crippen LogP contribution in [0.5, 0.6) is 23.0 Å². The molecule has 1 aliphatic rings. The van der Waals surface area contributed by atoms with Crippen LogP contribution in [0.3, 0.4) is 0 Å². The standard InChI is InChI=1S/C19H22O6/c1-24-17-9-12(4-5-15(17)22)18-14(10-21)13-7-11(3-2-6-20)8-16(23)19(13)25-18/h4-5,7-9,14,18,20-23H,2-3,6,10H2,1H3/t14-,18-/m0/s1. The summed E-state index contributed by atoms with van der Waals surface area (Å²) in [5.74, 6) is 0.392. The molecule has 0 saturated carbocycles. The van der Waals surface area contributed by atoms with Crippen LogP contribution in [-0.2, 0) is 6.42 Å². The fourth-order valence-corrected chi connectivity index (χ4v) is 3.27. The van der Waals surface area contributed by atoms with Gasteiger partial charge in [-0.3, -0.25) is 0 Å². The molecular formula is C19H22O6. The zero-order valence-corrected chi connectivity index (χ0v) is 14.0.